The fourth-order valence-corrected chi connectivity index (χ4v) is 10.5. The van der Waals surface area contributed by atoms with Crippen LogP contribution in [0.3, 0.4) is 0 Å². The van der Waals surface area contributed by atoms with Crippen LogP contribution in [0.25, 0.3) is 0 Å². The number of hydrogen-bond acceptors (Lipinski definition) is 6. The molecule has 0 fully saturated rings. The van der Waals surface area contributed by atoms with E-state index < -0.39 is 6.10 Å². The van der Waals surface area contributed by atoms with Gasteiger partial charge < -0.3 is 14.2 Å². The Morgan fingerprint density at radius 1 is 0.253 bits per heavy atom. The summed E-state index contributed by atoms with van der Waals surface area (Å²) in [6.45, 7) is 6.54. The fraction of sp³-hybridized carbons (Fsp3) is 0.779. The van der Waals surface area contributed by atoms with Gasteiger partial charge in [0.1, 0.15) is 13.2 Å². The Bertz CT molecular complexity index is 1570. The van der Waals surface area contributed by atoms with Gasteiger partial charge in [0, 0.05) is 19.3 Å². The maximum absolute atomic E-state index is 12.9. The van der Waals surface area contributed by atoms with Gasteiger partial charge in [0.05, 0.1) is 0 Å². The van der Waals surface area contributed by atoms with Gasteiger partial charge in [-0.15, -0.1) is 0 Å². The molecule has 1 unspecified atom stereocenters. The molecule has 0 saturated heterocycles. The van der Waals surface area contributed by atoms with Crippen LogP contribution in [0.15, 0.2) is 85.1 Å². The zero-order valence-electron chi connectivity index (χ0n) is 55.2. The largest absolute Gasteiger partial charge is 0.462 e. The zero-order valence-corrected chi connectivity index (χ0v) is 55.2. The number of hydrogen-bond donors (Lipinski definition) is 0. The van der Waals surface area contributed by atoms with E-state index in [0.29, 0.717) is 19.3 Å². The summed E-state index contributed by atoms with van der Waals surface area (Å²) in [5, 5.41) is 0. The van der Waals surface area contributed by atoms with Crippen LogP contribution in [0.2, 0.25) is 0 Å². The lowest BCUT2D eigenvalue weighted by molar-refractivity contribution is -0.167. The van der Waals surface area contributed by atoms with E-state index in [1.54, 1.807) is 0 Å². The quantitative estimate of drug-likeness (QED) is 0.0261. The van der Waals surface area contributed by atoms with E-state index >= 15 is 0 Å². The number of allylic oxidation sites excluding steroid dienone is 14. The number of rotatable bonds is 66. The van der Waals surface area contributed by atoms with Crippen molar-refractivity contribution in [2.24, 2.45) is 0 Å². The molecule has 1 atom stereocenters. The highest BCUT2D eigenvalue weighted by atomic mass is 16.6. The van der Waals surface area contributed by atoms with Crippen molar-refractivity contribution in [1.29, 1.82) is 0 Å². The van der Waals surface area contributed by atoms with Gasteiger partial charge in [0.25, 0.3) is 0 Å². The van der Waals surface area contributed by atoms with E-state index in [9.17, 15) is 14.4 Å². The highest BCUT2D eigenvalue weighted by molar-refractivity contribution is 5.71. The van der Waals surface area contributed by atoms with Gasteiger partial charge >= 0.3 is 17.9 Å². The van der Waals surface area contributed by atoms with Gasteiger partial charge in [0.15, 0.2) is 6.10 Å². The fourth-order valence-electron chi connectivity index (χ4n) is 10.5. The van der Waals surface area contributed by atoms with Crippen LogP contribution in [-0.2, 0) is 28.6 Å². The summed E-state index contributed by atoms with van der Waals surface area (Å²) in [6.07, 6.45) is 94.9. The molecule has 0 rings (SSSR count). The molecule has 0 heterocycles. The summed E-state index contributed by atoms with van der Waals surface area (Å²) in [6, 6.07) is 0. The first-order valence-electron chi connectivity index (χ1n) is 36.1. The van der Waals surface area contributed by atoms with Crippen molar-refractivity contribution < 1.29 is 28.6 Å². The van der Waals surface area contributed by atoms with E-state index in [4.69, 9.17) is 14.2 Å². The Morgan fingerprint density at radius 3 is 0.735 bits per heavy atom. The molecule has 0 aliphatic heterocycles. The second-order valence-electron chi connectivity index (χ2n) is 24.1. The number of carbonyl (C=O) groups excluding carboxylic acids is 3. The predicted octanol–water partition coefficient (Wildman–Crippen LogP) is 25.0. The Hall–Kier alpha value is -3.41. The average molecular weight is 1160 g/mol. The van der Waals surface area contributed by atoms with Gasteiger partial charge in [-0.1, -0.05) is 337 Å². The molecule has 83 heavy (non-hydrogen) atoms. The van der Waals surface area contributed by atoms with Gasteiger partial charge in [-0.25, -0.2) is 0 Å². The Labute approximate surface area is 515 Å². The number of carbonyl (C=O) groups is 3. The van der Waals surface area contributed by atoms with Gasteiger partial charge in [-0.2, -0.15) is 0 Å². The van der Waals surface area contributed by atoms with Crippen molar-refractivity contribution in [1.82, 2.24) is 0 Å². The van der Waals surface area contributed by atoms with Gasteiger partial charge in [0.2, 0.25) is 0 Å². The summed E-state index contributed by atoms with van der Waals surface area (Å²) in [4.78, 5) is 38.3. The molecule has 480 valence electrons. The summed E-state index contributed by atoms with van der Waals surface area (Å²) in [5.74, 6) is -0.859. The van der Waals surface area contributed by atoms with Gasteiger partial charge in [-0.3, -0.25) is 14.4 Å². The van der Waals surface area contributed by atoms with Crippen LogP contribution >= 0.6 is 0 Å². The van der Waals surface area contributed by atoms with Crippen molar-refractivity contribution in [3.63, 3.8) is 0 Å². The second-order valence-corrected chi connectivity index (χ2v) is 24.1. The van der Waals surface area contributed by atoms with Crippen LogP contribution < -0.4 is 0 Å². The molecule has 0 spiro atoms. The highest BCUT2D eigenvalue weighted by Crippen LogP contribution is 2.18. The molecule has 6 heteroatoms. The van der Waals surface area contributed by atoms with E-state index in [1.165, 1.54) is 231 Å². The molecule has 6 nitrogen and oxygen atoms in total. The third-order valence-corrected chi connectivity index (χ3v) is 15.9. The number of ether oxygens (including phenoxy) is 3. The minimum atomic E-state index is -0.775. The molecule has 0 aromatic rings. The van der Waals surface area contributed by atoms with E-state index in [1.807, 2.05) is 0 Å². The smallest absolute Gasteiger partial charge is 0.306 e. The SMILES string of the molecule is CC/C=C\C/C=C\C/C=C\C/C=C\C/C=C\CCCCCCCCCCCCCCCCCCCCCC(=O)OCC(COC(=O)CCCCCCCCCCC)OC(=O)CCCCCCCCCCC/C=C\C/C=C\CCCCCCC. The summed E-state index contributed by atoms with van der Waals surface area (Å²) in [5.41, 5.74) is 0. The van der Waals surface area contributed by atoms with E-state index in [2.05, 4.69) is 106 Å². The molecular weight excluding hydrogens is 1020 g/mol. The normalized spacial score (nSPS) is 12.6. The number of unbranched alkanes of at least 4 members (excludes halogenated alkanes) is 41. The Morgan fingerprint density at radius 2 is 0.470 bits per heavy atom. The minimum Gasteiger partial charge on any atom is -0.462 e. The molecule has 0 aromatic heterocycles. The standard InChI is InChI=1S/C77H136O6/c1-4-7-10-13-16-19-21-23-25-27-29-31-32-33-34-35-36-37-38-39-40-41-42-43-44-46-47-49-51-53-55-58-61-64-67-70-76(79)82-73-74(72-81-75(78)69-66-63-60-57-18-15-12-9-6-3)83-77(80)71-68-65-62-59-56-54-52-50-48-45-30-28-26-24-22-20-17-14-11-8-5-2/h7,10,16,19,22-25,28-31,33-34,74H,4-6,8-9,11-15,17-18,20-21,26-27,32,35-73H2,1-3H3/b10-7-,19-16-,24-22-,25-23-,30-28-,31-29-,34-33-. The lowest BCUT2D eigenvalue weighted by Crippen LogP contribution is -2.30. The van der Waals surface area contributed by atoms with Crippen molar-refractivity contribution in [2.75, 3.05) is 13.2 Å². The topological polar surface area (TPSA) is 78.9 Å². The molecule has 0 saturated carbocycles. The average Bonchev–Trinajstić information content (AvgIpc) is 3.49. The first-order valence-corrected chi connectivity index (χ1v) is 36.1. The van der Waals surface area contributed by atoms with Gasteiger partial charge in [-0.05, 0) is 96.3 Å². The van der Waals surface area contributed by atoms with Crippen molar-refractivity contribution in [2.45, 2.75) is 374 Å². The molecular formula is C77H136O6. The predicted molar refractivity (Wildman–Crippen MR) is 362 cm³/mol. The van der Waals surface area contributed by atoms with E-state index in [0.717, 1.165) is 96.3 Å². The molecule has 0 aliphatic rings. The third kappa shape index (κ3) is 69.3. The second kappa shape index (κ2) is 71.1. The third-order valence-electron chi connectivity index (χ3n) is 15.9. The summed E-state index contributed by atoms with van der Waals surface area (Å²) in [7, 11) is 0. The molecule has 0 bridgehead atoms. The number of esters is 3. The molecule has 0 aromatic carbocycles. The Balaban J connectivity index is 4.06. The summed E-state index contributed by atoms with van der Waals surface area (Å²) >= 11 is 0. The van der Waals surface area contributed by atoms with Crippen LogP contribution in [0.4, 0.5) is 0 Å². The molecule has 0 amide bonds. The first kappa shape index (κ1) is 79.6. The lowest BCUT2D eigenvalue weighted by Gasteiger charge is -2.18. The van der Waals surface area contributed by atoms with Crippen molar-refractivity contribution in [3.05, 3.63) is 85.1 Å². The maximum Gasteiger partial charge on any atom is 0.306 e. The van der Waals surface area contributed by atoms with Crippen LogP contribution in [-0.4, -0.2) is 37.2 Å². The van der Waals surface area contributed by atoms with Crippen LogP contribution in [0, 0.1) is 0 Å². The Kier molecular flexibility index (Phi) is 68.2. The lowest BCUT2D eigenvalue weighted by atomic mass is 10.0. The molecule has 0 radical (unpaired) electrons. The van der Waals surface area contributed by atoms with Crippen LogP contribution in [0.1, 0.15) is 367 Å². The van der Waals surface area contributed by atoms with Crippen molar-refractivity contribution >= 4 is 17.9 Å². The zero-order chi connectivity index (χ0) is 59.9. The molecule has 0 N–H and O–H groups in total. The first-order chi connectivity index (χ1) is 41.0. The monoisotopic (exact) mass is 1160 g/mol. The molecule has 0 aliphatic carbocycles. The maximum atomic E-state index is 12.9. The highest BCUT2D eigenvalue weighted by Gasteiger charge is 2.19. The van der Waals surface area contributed by atoms with E-state index in [-0.39, 0.29) is 31.1 Å². The summed E-state index contributed by atoms with van der Waals surface area (Å²) < 4.78 is 16.9. The van der Waals surface area contributed by atoms with Crippen LogP contribution in [0.5, 0.6) is 0 Å². The minimum absolute atomic E-state index is 0.0722. The van der Waals surface area contributed by atoms with Crippen molar-refractivity contribution in [3.8, 4) is 0 Å².